The number of hydrogen-bond acceptors (Lipinski definition) is 2. The summed E-state index contributed by atoms with van der Waals surface area (Å²) in [5.74, 6) is 2.63. The molecule has 1 aromatic heterocycles. The second-order valence-corrected chi connectivity index (χ2v) is 4.90. The van der Waals surface area contributed by atoms with E-state index in [4.69, 9.17) is 11.6 Å². The number of halogens is 1. The molecule has 0 saturated carbocycles. The van der Waals surface area contributed by atoms with Crippen molar-refractivity contribution in [1.82, 2.24) is 9.55 Å². The molecule has 0 aliphatic heterocycles. The first kappa shape index (κ1) is 11.8. The molecule has 0 fully saturated rings. The van der Waals surface area contributed by atoms with E-state index in [9.17, 15) is 0 Å². The molecular formula is C12H15ClN2S. The third-order valence-electron chi connectivity index (χ3n) is 2.58. The molecule has 1 heterocycles. The van der Waals surface area contributed by atoms with E-state index in [0.717, 1.165) is 24.3 Å². The number of thioether (sulfide) groups is 1. The Kier molecular flexibility index (Phi) is 4.13. The molecule has 86 valence electrons. The van der Waals surface area contributed by atoms with Gasteiger partial charge in [0.25, 0.3) is 0 Å². The second kappa shape index (κ2) is 5.60. The van der Waals surface area contributed by atoms with Crippen LogP contribution in [0.3, 0.4) is 0 Å². The van der Waals surface area contributed by atoms with Gasteiger partial charge < -0.3 is 4.57 Å². The summed E-state index contributed by atoms with van der Waals surface area (Å²) in [6, 6.07) is 8.21. The average Bonchev–Trinajstić information content (AvgIpc) is 2.68. The fourth-order valence-corrected chi connectivity index (χ4v) is 2.47. The van der Waals surface area contributed by atoms with Crippen LogP contribution in [-0.2, 0) is 12.4 Å². The van der Waals surface area contributed by atoms with Crippen molar-refractivity contribution in [3.8, 4) is 0 Å². The lowest BCUT2D eigenvalue weighted by Crippen LogP contribution is -2.03. The maximum Gasteiger partial charge on any atom is 0.124 e. The number of para-hydroxylation sites is 2. The Morgan fingerprint density at radius 1 is 1.38 bits per heavy atom. The third kappa shape index (κ3) is 2.36. The van der Waals surface area contributed by atoms with Crippen LogP contribution in [-0.4, -0.2) is 21.6 Å². The molecule has 2 rings (SSSR count). The highest BCUT2D eigenvalue weighted by molar-refractivity contribution is 7.98. The highest BCUT2D eigenvalue weighted by Crippen LogP contribution is 2.18. The molecule has 0 radical (unpaired) electrons. The normalized spacial score (nSPS) is 11.1. The van der Waals surface area contributed by atoms with E-state index in [0.29, 0.717) is 5.88 Å². The maximum atomic E-state index is 5.93. The molecule has 0 amide bonds. The van der Waals surface area contributed by atoms with E-state index < -0.39 is 0 Å². The summed E-state index contributed by atoms with van der Waals surface area (Å²) >= 11 is 7.80. The number of aryl methyl sites for hydroxylation is 1. The summed E-state index contributed by atoms with van der Waals surface area (Å²) in [5, 5.41) is 0. The lowest BCUT2D eigenvalue weighted by molar-refractivity contribution is 0.677. The fourth-order valence-electron chi connectivity index (χ4n) is 1.84. The highest BCUT2D eigenvalue weighted by Gasteiger charge is 2.08. The van der Waals surface area contributed by atoms with Gasteiger partial charge in [0.2, 0.25) is 0 Å². The molecule has 0 aliphatic rings. The van der Waals surface area contributed by atoms with Crippen molar-refractivity contribution in [2.24, 2.45) is 0 Å². The smallest absolute Gasteiger partial charge is 0.124 e. The van der Waals surface area contributed by atoms with Gasteiger partial charge in [0, 0.05) is 6.54 Å². The predicted molar refractivity (Wildman–Crippen MR) is 72.3 cm³/mol. The number of imidazole rings is 1. The second-order valence-electron chi connectivity index (χ2n) is 3.65. The molecule has 0 saturated heterocycles. The lowest BCUT2D eigenvalue weighted by atomic mass is 10.3. The topological polar surface area (TPSA) is 17.8 Å². The first-order valence-electron chi connectivity index (χ1n) is 5.36. The number of benzene rings is 1. The molecule has 0 atom stereocenters. The Bertz CT molecular complexity index is 467. The number of aromatic nitrogens is 2. The minimum Gasteiger partial charge on any atom is -0.327 e. The van der Waals surface area contributed by atoms with Crippen LogP contribution in [0.2, 0.25) is 0 Å². The summed E-state index contributed by atoms with van der Waals surface area (Å²) < 4.78 is 2.23. The van der Waals surface area contributed by atoms with Gasteiger partial charge in [-0.3, -0.25) is 0 Å². The zero-order valence-electron chi connectivity index (χ0n) is 9.32. The van der Waals surface area contributed by atoms with Crippen LogP contribution in [0, 0.1) is 0 Å². The van der Waals surface area contributed by atoms with Gasteiger partial charge in [-0.1, -0.05) is 12.1 Å². The van der Waals surface area contributed by atoms with Crippen molar-refractivity contribution in [1.29, 1.82) is 0 Å². The van der Waals surface area contributed by atoms with Gasteiger partial charge in [0.15, 0.2) is 0 Å². The van der Waals surface area contributed by atoms with Crippen LogP contribution >= 0.6 is 23.4 Å². The van der Waals surface area contributed by atoms with Crippen LogP contribution in [0.4, 0.5) is 0 Å². The quantitative estimate of drug-likeness (QED) is 0.600. The van der Waals surface area contributed by atoms with Gasteiger partial charge in [-0.2, -0.15) is 11.8 Å². The predicted octanol–water partition coefficient (Wildman–Crippen LogP) is 3.53. The molecule has 0 spiro atoms. The Balaban J connectivity index is 2.32. The minimum atomic E-state index is 0.480. The molecular weight excluding hydrogens is 240 g/mol. The van der Waals surface area contributed by atoms with Crippen molar-refractivity contribution in [2.75, 3.05) is 12.0 Å². The summed E-state index contributed by atoms with van der Waals surface area (Å²) in [5.41, 5.74) is 2.24. The van der Waals surface area contributed by atoms with E-state index in [2.05, 4.69) is 21.9 Å². The van der Waals surface area contributed by atoms with Gasteiger partial charge in [-0.15, -0.1) is 11.6 Å². The fraction of sp³-hybridized carbons (Fsp3) is 0.417. The summed E-state index contributed by atoms with van der Waals surface area (Å²) in [4.78, 5) is 4.53. The molecule has 1 aromatic carbocycles. The van der Waals surface area contributed by atoms with E-state index in [1.807, 2.05) is 30.0 Å². The van der Waals surface area contributed by atoms with Gasteiger partial charge >= 0.3 is 0 Å². The number of hydrogen-bond donors (Lipinski definition) is 0. The van der Waals surface area contributed by atoms with Gasteiger partial charge in [0.05, 0.1) is 16.9 Å². The van der Waals surface area contributed by atoms with E-state index in [1.54, 1.807) is 0 Å². The van der Waals surface area contributed by atoms with Crippen LogP contribution in [0.15, 0.2) is 24.3 Å². The number of rotatable bonds is 5. The lowest BCUT2D eigenvalue weighted by Gasteiger charge is -2.06. The number of alkyl halides is 1. The summed E-state index contributed by atoms with van der Waals surface area (Å²) in [6.07, 6.45) is 3.29. The molecule has 4 heteroatoms. The van der Waals surface area contributed by atoms with Gasteiger partial charge in [0.1, 0.15) is 5.82 Å². The van der Waals surface area contributed by atoms with Crippen LogP contribution in [0.1, 0.15) is 12.2 Å². The van der Waals surface area contributed by atoms with E-state index in [-0.39, 0.29) is 0 Å². The maximum absolute atomic E-state index is 5.93. The summed E-state index contributed by atoms with van der Waals surface area (Å²) in [7, 11) is 0. The third-order valence-corrected chi connectivity index (χ3v) is 3.52. The summed E-state index contributed by atoms with van der Waals surface area (Å²) in [6.45, 7) is 1.00. The van der Waals surface area contributed by atoms with Crippen LogP contribution < -0.4 is 0 Å². The SMILES string of the molecule is CSCCCn1c(CCl)nc2ccccc21. The van der Waals surface area contributed by atoms with Crippen molar-refractivity contribution >= 4 is 34.4 Å². The largest absolute Gasteiger partial charge is 0.327 e. The molecule has 0 aliphatic carbocycles. The molecule has 0 N–H and O–H groups in total. The van der Waals surface area contributed by atoms with Gasteiger partial charge in [-0.25, -0.2) is 4.98 Å². The Labute approximate surface area is 105 Å². The molecule has 2 nitrogen and oxygen atoms in total. The van der Waals surface area contributed by atoms with Crippen molar-refractivity contribution in [3.05, 3.63) is 30.1 Å². The zero-order valence-corrected chi connectivity index (χ0v) is 10.9. The zero-order chi connectivity index (χ0) is 11.4. The van der Waals surface area contributed by atoms with E-state index in [1.165, 1.54) is 11.3 Å². The monoisotopic (exact) mass is 254 g/mol. The standard InChI is InChI=1S/C12H15ClN2S/c1-16-8-4-7-15-11-6-3-2-5-10(11)14-12(15)9-13/h2-3,5-6H,4,7-9H2,1H3. The van der Waals surface area contributed by atoms with Crippen molar-refractivity contribution < 1.29 is 0 Å². The minimum absolute atomic E-state index is 0.480. The first-order chi connectivity index (χ1) is 7.86. The Hall–Kier alpha value is -0.670. The molecule has 0 unspecified atom stereocenters. The van der Waals surface area contributed by atoms with Crippen LogP contribution in [0.5, 0.6) is 0 Å². The highest BCUT2D eigenvalue weighted by atomic mass is 35.5. The van der Waals surface area contributed by atoms with Crippen molar-refractivity contribution in [3.63, 3.8) is 0 Å². The number of nitrogens with zero attached hydrogens (tertiary/aromatic N) is 2. The molecule has 0 bridgehead atoms. The van der Waals surface area contributed by atoms with Crippen molar-refractivity contribution in [2.45, 2.75) is 18.8 Å². The molecule has 2 aromatic rings. The number of fused-ring (bicyclic) bond motifs is 1. The Morgan fingerprint density at radius 3 is 2.94 bits per heavy atom. The van der Waals surface area contributed by atoms with Gasteiger partial charge in [-0.05, 0) is 30.6 Å². The first-order valence-corrected chi connectivity index (χ1v) is 7.28. The van der Waals surface area contributed by atoms with Crippen LogP contribution in [0.25, 0.3) is 11.0 Å². The molecule has 16 heavy (non-hydrogen) atoms. The Morgan fingerprint density at radius 2 is 2.19 bits per heavy atom. The van der Waals surface area contributed by atoms with E-state index >= 15 is 0 Å². The average molecular weight is 255 g/mol.